The van der Waals surface area contributed by atoms with Gasteiger partial charge in [0.05, 0.1) is 0 Å². The van der Waals surface area contributed by atoms with Gasteiger partial charge in [-0.05, 0) is 40.5 Å². The molecule has 2 heterocycles. The van der Waals surface area contributed by atoms with Crippen molar-refractivity contribution in [3.05, 3.63) is 144 Å². The molecule has 9 heteroatoms. The van der Waals surface area contributed by atoms with Gasteiger partial charge in [0.25, 0.3) is 0 Å². The van der Waals surface area contributed by atoms with Gasteiger partial charge in [0, 0.05) is 37.8 Å². The molecule has 7 nitrogen and oxygen atoms in total. The Balaban J connectivity index is 1.16. The molecule has 0 bridgehead atoms. The number of ether oxygens (including phenoxy) is 3. The molecular formula is C37H33F2N3O4. The van der Waals surface area contributed by atoms with Crippen LogP contribution in [0.5, 0.6) is 11.8 Å². The summed E-state index contributed by atoms with van der Waals surface area (Å²) in [6, 6.07) is 34.6. The van der Waals surface area contributed by atoms with Crippen LogP contribution in [0.1, 0.15) is 16.7 Å². The van der Waals surface area contributed by atoms with Gasteiger partial charge in [0.2, 0.25) is 11.8 Å². The molecule has 234 valence electrons. The minimum absolute atomic E-state index is 0.136. The molecule has 0 aliphatic carbocycles. The van der Waals surface area contributed by atoms with E-state index in [9.17, 15) is 4.79 Å². The van der Waals surface area contributed by atoms with Crippen LogP contribution in [0, 0.1) is 11.6 Å². The number of nitrogens with zero attached hydrogens (tertiary/aromatic N) is 3. The van der Waals surface area contributed by atoms with Crippen molar-refractivity contribution in [3.8, 4) is 22.9 Å². The lowest BCUT2D eigenvalue weighted by Gasteiger charge is -2.35. The van der Waals surface area contributed by atoms with Gasteiger partial charge >= 0.3 is 6.09 Å². The summed E-state index contributed by atoms with van der Waals surface area (Å²) < 4.78 is 48.7. The van der Waals surface area contributed by atoms with E-state index >= 15 is 8.78 Å². The maximum atomic E-state index is 15.6. The standard InChI is InChI=1S/C37H33F2N3O4/c38-32-22-30(23-33(39)35(32)41-18-20-42(21-19-41)37(43)46-26-29-14-8-3-9-15-29)31-16-17-34(44-24-27-10-4-1-5-11-27)40-36(31)45-25-28-12-6-2-7-13-28/h1-17,22-23H,18-21,24-26H2. The van der Waals surface area contributed by atoms with Crippen molar-refractivity contribution in [1.82, 2.24) is 9.88 Å². The fourth-order valence-corrected chi connectivity index (χ4v) is 5.24. The van der Waals surface area contributed by atoms with E-state index in [0.717, 1.165) is 16.7 Å². The monoisotopic (exact) mass is 621 g/mol. The van der Waals surface area contributed by atoms with Gasteiger partial charge in [-0.3, -0.25) is 0 Å². The van der Waals surface area contributed by atoms with E-state index in [4.69, 9.17) is 14.2 Å². The number of halogens is 2. The molecule has 0 N–H and O–H groups in total. The Hall–Kier alpha value is -5.44. The molecule has 5 aromatic rings. The molecule has 0 unspecified atom stereocenters. The van der Waals surface area contributed by atoms with Crippen molar-refractivity contribution in [3.63, 3.8) is 0 Å². The average Bonchev–Trinajstić information content (AvgIpc) is 3.10. The molecule has 1 aliphatic heterocycles. The van der Waals surface area contributed by atoms with Gasteiger partial charge in [-0.2, -0.15) is 4.98 Å². The number of carbonyl (C=O) groups is 1. The molecule has 0 saturated carbocycles. The smallest absolute Gasteiger partial charge is 0.410 e. The molecule has 1 amide bonds. The Morgan fingerprint density at radius 3 is 1.74 bits per heavy atom. The number of piperazine rings is 1. The number of hydrogen-bond donors (Lipinski definition) is 0. The van der Waals surface area contributed by atoms with E-state index in [1.165, 1.54) is 12.1 Å². The van der Waals surface area contributed by atoms with Crippen LogP contribution < -0.4 is 14.4 Å². The lowest BCUT2D eigenvalue weighted by molar-refractivity contribution is 0.0941. The molecule has 6 rings (SSSR count). The number of hydrogen-bond acceptors (Lipinski definition) is 6. The van der Waals surface area contributed by atoms with Gasteiger partial charge < -0.3 is 24.0 Å². The maximum absolute atomic E-state index is 15.6. The second-order valence-corrected chi connectivity index (χ2v) is 10.9. The molecule has 1 saturated heterocycles. The summed E-state index contributed by atoms with van der Waals surface area (Å²) in [4.78, 5) is 20.3. The Kier molecular flexibility index (Phi) is 9.68. The summed E-state index contributed by atoms with van der Waals surface area (Å²) in [6.45, 7) is 1.75. The normalized spacial score (nSPS) is 12.9. The molecule has 1 aliphatic rings. The fourth-order valence-electron chi connectivity index (χ4n) is 5.24. The van der Waals surface area contributed by atoms with Crippen LogP contribution in [0.3, 0.4) is 0 Å². The molecule has 0 atom stereocenters. The van der Waals surface area contributed by atoms with Gasteiger partial charge in [-0.25, -0.2) is 13.6 Å². The lowest BCUT2D eigenvalue weighted by atomic mass is 10.0. The van der Waals surface area contributed by atoms with Crippen LogP contribution in [0.25, 0.3) is 11.1 Å². The number of pyridine rings is 1. The molecule has 0 radical (unpaired) electrons. The predicted molar refractivity (Wildman–Crippen MR) is 172 cm³/mol. The quantitative estimate of drug-likeness (QED) is 0.160. The van der Waals surface area contributed by atoms with Gasteiger partial charge in [0.1, 0.15) is 37.1 Å². The van der Waals surface area contributed by atoms with Crippen LogP contribution in [0.15, 0.2) is 115 Å². The fraction of sp³-hybridized carbons (Fsp3) is 0.189. The molecule has 0 spiro atoms. The summed E-state index contributed by atoms with van der Waals surface area (Å²) in [5, 5.41) is 0. The summed E-state index contributed by atoms with van der Waals surface area (Å²) in [5.74, 6) is -0.904. The molecule has 1 aromatic heterocycles. The first-order chi connectivity index (χ1) is 22.5. The highest BCUT2D eigenvalue weighted by atomic mass is 19.1. The summed E-state index contributed by atoms with van der Waals surface area (Å²) in [5.41, 5.74) is 3.36. The van der Waals surface area contributed by atoms with Crippen LogP contribution in [0.4, 0.5) is 19.3 Å². The first-order valence-corrected chi connectivity index (χ1v) is 15.1. The van der Waals surface area contributed by atoms with Crippen LogP contribution in [0.2, 0.25) is 0 Å². The minimum Gasteiger partial charge on any atom is -0.473 e. The van der Waals surface area contributed by atoms with Gasteiger partial charge in [0.15, 0.2) is 0 Å². The van der Waals surface area contributed by atoms with E-state index in [2.05, 4.69) is 4.98 Å². The maximum Gasteiger partial charge on any atom is 0.410 e. The second-order valence-electron chi connectivity index (χ2n) is 10.9. The predicted octanol–water partition coefficient (Wildman–Crippen LogP) is 7.64. The minimum atomic E-state index is -0.714. The third-order valence-corrected chi connectivity index (χ3v) is 7.67. The zero-order chi connectivity index (χ0) is 31.7. The molecule has 4 aromatic carbocycles. The Morgan fingerprint density at radius 2 is 1.17 bits per heavy atom. The van der Waals surface area contributed by atoms with Crippen molar-refractivity contribution >= 4 is 11.8 Å². The van der Waals surface area contributed by atoms with Crippen molar-refractivity contribution in [2.24, 2.45) is 0 Å². The largest absolute Gasteiger partial charge is 0.473 e. The lowest BCUT2D eigenvalue weighted by Crippen LogP contribution is -2.49. The zero-order valence-electron chi connectivity index (χ0n) is 25.1. The number of benzene rings is 4. The van der Waals surface area contributed by atoms with Crippen LogP contribution >= 0.6 is 0 Å². The molecular weight excluding hydrogens is 588 g/mol. The van der Waals surface area contributed by atoms with E-state index < -0.39 is 17.7 Å². The highest BCUT2D eigenvalue weighted by Gasteiger charge is 2.27. The van der Waals surface area contributed by atoms with Crippen molar-refractivity contribution in [1.29, 1.82) is 0 Å². The zero-order valence-corrected chi connectivity index (χ0v) is 25.1. The Morgan fingerprint density at radius 1 is 0.652 bits per heavy atom. The highest BCUT2D eigenvalue weighted by Crippen LogP contribution is 2.36. The highest BCUT2D eigenvalue weighted by molar-refractivity contribution is 5.72. The first-order valence-electron chi connectivity index (χ1n) is 15.1. The second kappa shape index (κ2) is 14.6. The van der Waals surface area contributed by atoms with E-state index in [0.29, 0.717) is 18.1 Å². The molecule has 1 fully saturated rings. The third kappa shape index (κ3) is 7.61. The Bertz CT molecular complexity index is 1730. The average molecular weight is 622 g/mol. The van der Waals surface area contributed by atoms with Gasteiger partial charge in [-0.1, -0.05) is 91.0 Å². The third-order valence-electron chi connectivity index (χ3n) is 7.67. The van der Waals surface area contributed by atoms with Crippen molar-refractivity contribution in [2.45, 2.75) is 19.8 Å². The first kappa shape index (κ1) is 30.6. The number of aromatic nitrogens is 1. The number of anilines is 1. The summed E-state index contributed by atoms with van der Waals surface area (Å²) >= 11 is 0. The number of amides is 1. The van der Waals surface area contributed by atoms with Crippen LogP contribution in [-0.2, 0) is 24.6 Å². The number of carbonyl (C=O) groups excluding carboxylic acids is 1. The Labute approximate surface area is 266 Å². The van der Waals surface area contributed by atoms with E-state index in [1.54, 1.807) is 21.9 Å². The van der Waals surface area contributed by atoms with E-state index in [1.807, 2.05) is 91.0 Å². The SMILES string of the molecule is O=C(OCc1ccccc1)N1CCN(c2c(F)cc(-c3ccc(OCc4ccccc4)nc3OCc3ccccc3)cc2F)CC1. The van der Waals surface area contributed by atoms with Gasteiger partial charge in [-0.15, -0.1) is 0 Å². The summed E-state index contributed by atoms with van der Waals surface area (Å²) in [6.07, 6.45) is -0.452. The van der Waals surface area contributed by atoms with Crippen molar-refractivity contribution in [2.75, 3.05) is 31.1 Å². The van der Waals surface area contributed by atoms with E-state index in [-0.39, 0.29) is 56.5 Å². The molecule has 46 heavy (non-hydrogen) atoms. The number of rotatable bonds is 10. The van der Waals surface area contributed by atoms with Crippen LogP contribution in [-0.4, -0.2) is 42.2 Å². The summed E-state index contributed by atoms with van der Waals surface area (Å²) in [7, 11) is 0. The van der Waals surface area contributed by atoms with Crippen molar-refractivity contribution < 1.29 is 27.8 Å². The topological polar surface area (TPSA) is 64.1 Å².